The van der Waals surface area contributed by atoms with Crippen molar-refractivity contribution in [1.29, 1.82) is 0 Å². The van der Waals surface area contributed by atoms with Gasteiger partial charge in [-0.3, -0.25) is 4.98 Å². The van der Waals surface area contributed by atoms with Crippen molar-refractivity contribution in [2.75, 3.05) is 19.8 Å². The summed E-state index contributed by atoms with van der Waals surface area (Å²) >= 11 is 0. The minimum atomic E-state index is -0.932. The molecule has 1 N–H and O–H groups in total. The summed E-state index contributed by atoms with van der Waals surface area (Å²) < 4.78 is 17.5. The summed E-state index contributed by atoms with van der Waals surface area (Å²) in [4.78, 5) is 14.7. The first kappa shape index (κ1) is 18.9. The van der Waals surface area contributed by atoms with E-state index in [9.17, 15) is 4.79 Å². The van der Waals surface area contributed by atoms with E-state index in [0.717, 1.165) is 43.6 Å². The highest BCUT2D eigenvalue weighted by Crippen LogP contribution is 2.51. The number of nitrogens with zero attached hydrogens (tertiary/aromatic N) is 1. The van der Waals surface area contributed by atoms with Crippen LogP contribution in [0.2, 0.25) is 0 Å². The van der Waals surface area contributed by atoms with Gasteiger partial charge in [0.2, 0.25) is 0 Å². The predicted octanol–water partition coefficient (Wildman–Crippen LogP) is 3.95. The lowest BCUT2D eigenvalue weighted by molar-refractivity contribution is -0.168. The lowest BCUT2D eigenvalue weighted by Crippen LogP contribution is -2.53. The SMILES string of the molecule is O=C(O)COCCC12CCC(c3cccc(Oc4cccnc4)c3)(CC1)CO2. The van der Waals surface area contributed by atoms with Crippen molar-refractivity contribution < 1.29 is 24.1 Å². The normalized spacial score (nSPS) is 26.1. The summed E-state index contributed by atoms with van der Waals surface area (Å²) in [5, 5.41) is 8.69. The molecular formula is C22H25NO5. The Bertz CT molecular complexity index is 798. The van der Waals surface area contributed by atoms with Crippen molar-refractivity contribution in [3.8, 4) is 11.5 Å². The van der Waals surface area contributed by atoms with Crippen LogP contribution >= 0.6 is 0 Å². The van der Waals surface area contributed by atoms with Gasteiger partial charge in [-0.15, -0.1) is 0 Å². The molecule has 0 spiro atoms. The van der Waals surface area contributed by atoms with Crippen LogP contribution in [0.3, 0.4) is 0 Å². The van der Waals surface area contributed by atoms with Gasteiger partial charge in [-0.05, 0) is 61.9 Å². The van der Waals surface area contributed by atoms with E-state index in [-0.39, 0.29) is 17.6 Å². The van der Waals surface area contributed by atoms with Crippen molar-refractivity contribution >= 4 is 5.97 Å². The second-order valence-electron chi connectivity index (χ2n) is 7.77. The summed E-state index contributed by atoms with van der Waals surface area (Å²) in [6, 6.07) is 12.0. The van der Waals surface area contributed by atoms with Crippen molar-refractivity contribution in [2.45, 2.75) is 43.1 Å². The highest BCUT2D eigenvalue weighted by molar-refractivity contribution is 5.67. The Morgan fingerprint density at radius 3 is 2.64 bits per heavy atom. The molecule has 0 unspecified atom stereocenters. The lowest BCUT2D eigenvalue weighted by atomic mass is 9.62. The van der Waals surface area contributed by atoms with E-state index in [2.05, 4.69) is 17.1 Å². The monoisotopic (exact) mass is 383 g/mol. The quantitative estimate of drug-likeness (QED) is 0.696. The Balaban J connectivity index is 1.40. The van der Waals surface area contributed by atoms with Gasteiger partial charge in [0.15, 0.2) is 0 Å². The van der Waals surface area contributed by atoms with Crippen LogP contribution in [0.15, 0.2) is 48.8 Å². The molecule has 0 atom stereocenters. The fraction of sp³-hybridized carbons (Fsp3) is 0.455. The maximum atomic E-state index is 10.6. The number of carbonyl (C=O) groups is 1. The van der Waals surface area contributed by atoms with Crippen LogP contribution in [-0.2, 0) is 19.7 Å². The first-order chi connectivity index (χ1) is 13.6. The molecule has 28 heavy (non-hydrogen) atoms. The number of carboxylic acids is 1. The molecule has 5 rings (SSSR count). The molecule has 2 bridgehead atoms. The van der Waals surface area contributed by atoms with E-state index in [4.69, 9.17) is 19.3 Å². The summed E-state index contributed by atoms with van der Waals surface area (Å²) in [6.45, 7) is 0.861. The van der Waals surface area contributed by atoms with Gasteiger partial charge in [0, 0.05) is 11.6 Å². The van der Waals surface area contributed by atoms with Gasteiger partial charge in [-0.25, -0.2) is 4.79 Å². The van der Waals surface area contributed by atoms with Crippen LogP contribution in [-0.4, -0.2) is 41.5 Å². The Hall–Kier alpha value is -2.44. The molecule has 2 aliphatic heterocycles. The third kappa shape index (κ3) is 4.03. The second-order valence-corrected chi connectivity index (χ2v) is 7.77. The highest BCUT2D eigenvalue weighted by atomic mass is 16.5. The van der Waals surface area contributed by atoms with Crippen LogP contribution in [0.1, 0.15) is 37.7 Å². The summed E-state index contributed by atoms with van der Waals surface area (Å²) in [5.74, 6) is 0.600. The number of carboxylic acid groups (broad SMARTS) is 1. The number of pyridine rings is 1. The zero-order valence-corrected chi connectivity index (χ0v) is 15.8. The molecule has 1 aromatic carbocycles. The Labute approximate surface area is 164 Å². The van der Waals surface area contributed by atoms with E-state index >= 15 is 0 Å². The molecule has 3 fully saturated rings. The number of rotatable bonds is 8. The average molecular weight is 383 g/mol. The standard InChI is InChI=1S/C22H25NO5/c24-20(25)15-26-12-10-22-8-6-21(7-9-22,16-27-22)17-3-1-4-18(13-17)28-19-5-2-11-23-14-19/h1-5,11,13-14H,6-10,12,15-16H2,(H,24,25). The molecule has 148 valence electrons. The molecule has 1 saturated carbocycles. The Morgan fingerprint density at radius 2 is 1.96 bits per heavy atom. The molecule has 3 heterocycles. The minimum Gasteiger partial charge on any atom is -0.480 e. The molecule has 2 saturated heterocycles. The number of hydrogen-bond donors (Lipinski definition) is 1. The molecule has 1 aromatic heterocycles. The van der Waals surface area contributed by atoms with Crippen LogP contribution in [0.5, 0.6) is 11.5 Å². The number of aromatic nitrogens is 1. The highest BCUT2D eigenvalue weighted by Gasteiger charge is 2.50. The zero-order valence-electron chi connectivity index (χ0n) is 15.8. The van der Waals surface area contributed by atoms with Gasteiger partial charge in [0.05, 0.1) is 25.0 Å². The van der Waals surface area contributed by atoms with Crippen molar-refractivity contribution in [2.24, 2.45) is 0 Å². The molecule has 1 aliphatic carbocycles. The lowest BCUT2D eigenvalue weighted by Gasteiger charge is -2.53. The summed E-state index contributed by atoms with van der Waals surface area (Å²) in [5.41, 5.74) is 1.12. The fourth-order valence-electron chi connectivity index (χ4n) is 4.31. The maximum Gasteiger partial charge on any atom is 0.329 e. The van der Waals surface area contributed by atoms with E-state index < -0.39 is 5.97 Å². The second kappa shape index (κ2) is 7.89. The molecule has 6 heteroatoms. The molecule has 0 radical (unpaired) electrons. The number of hydrogen-bond acceptors (Lipinski definition) is 5. The van der Waals surface area contributed by atoms with Gasteiger partial charge in [-0.1, -0.05) is 12.1 Å². The van der Waals surface area contributed by atoms with Gasteiger partial charge in [0.25, 0.3) is 0 Å². The van der Waals surface area contributed by atoms with E-state index in [1.165, 1.54) is 5.56 Å². The Kier molecular flexibility index (Phi) is 5.33. The molecule has 6 nitrogen and oxygen atoms in total. The van der Waals surface area contributed by atoms with Crippen LogP contribution in [0.4, 0.5) is 0 Å². The molecular weight excluding hydrogens is 358 g/mol. The topological polar surface area (TPSA) is 77.9 Å². The van der Waals surface area contributed by atoms with Crippen LogP contribution in [0.25, 0.3) is 0 Å². The van der Waals surface area contributed by atoms with E-state index in [0.29, 0.717) is 13.2 Å². The van der Waals surface area contributed by atoms with Crippen LogP contribution < -0.4 is 4.74 Å². The number of aliphatic carboxylic acids is 1. The van der Waals surface area contributed by atoms with E-state index in [1.54, 1.807) is 12.4 Å². The first-order valence-electron chi connectivity index (χ1n) is 9.71. The van der Waals surface area contributed by atoms with Gasteiger partial charge >= 0.3 is 5.97 Å². The molecule has 0 amide bonds. The third-order valence-corrected chi connectivity index (χ3v) is 6.02. The smallest absolute Gasteiger partial charge is 0.329 e. The van der Waals surface area contributed by atoms with E-state index in [1.807, 2.05) is 24.3 Å². The van der Waals surface area contributed by atoms with Crippen molar-refractivity contribution in [3.05, 3.63) is 54.4 Å². The molecule has 2 aromatic rings. The van der Waals surface area contributed by atoms with Crippen molar-refractivity contribution in [1.82, 2.24) is 4.98 Å². The zero-order chi connectivity index (χ0) is 19.5. The fourth-order valence-corrected chi connectivity index (χ4v) is 4.31. The van der Waals surface area contributed by atoms with Crippen LogP contribution in [0, 0.1) is 0 Å². The number of fused-ring (bicyclic) bond motifs is 3. The largest absolute Gasteiger partial charge is 0.480 e. The minimum absolute atomic E-state index is 0.0258. The maximum absolute atomic E-state index is 10.6. The first-order valence-corrected chi connectivity index (χ1v) is 9.71. The average Bonchev–Trinajstić information content (AvgIpc) is 2.74. The van der Waals surface area contributed by atoms with Gasteiger partial charge in [-0.2, -0.15) is 0 Å². The Morgan fingerprint density at radius 1 is 1.14 bits per heavy atom. The summed E-state index contributed by atoms with van der Waals surface area (Å²) in [6.07, 6.45) is 8.23. The predicted molar refractivity (Wildman–Crippen MR) is 103 cm³/mol. The molecule has 3 aliphatic rings. The third-order valence-electron chi connectivity index (χ3n) is 6.02. The van der Waals surface area contributed by atoms with Crippen molar-refractivity contribution in [3.63, 3.8) is 0 Å². The summed E-state index contributed by atoms with van der Waals surface area (Å²) in [7, 11) is 0. The number of ether oxygens (including phenoxy) is 3. The van der Waals surface area contributed by atoms with Gasteiger partial charge < -0.3 is 19.3 Å². The number of benzene rings is 1. The van der Waals surface area contributed by atoms with Gasteiger partial charge in [0.1, 0.15) is 18.1 Å².